The van der Waals surface area contributed by atoms with E-state index < -0.39 is 0 Å². The molecule has 0 spiro atoms. The molecule has 0 unspecified atom stereocenters. The molecule has 0 bridgehead atoms. The average Bonchev–Trinajstić information content (AvgIpc) is 2.43. The number of hydrogen-bond acceptors (Lipinski definition) is 3. The summed E-state index contributed by atoms with van der Waals surface area (Å²) in [4.78, 5) is 19.7. The Bertz CT molecular complexity index is 297. The molecule has 21 heavy (non-hydrogen) atoms. The number of likely N-dealkylation sites (N-methyl/N-ethyl adjacent to an activating group) is 2. The molecule has 126 valence electrons. The standard InChI is InChI=1S/C14H31N5O.HI/c1-6-10-19(8-3)11-9-16-14(15-7-2)17-12-13(20)18(4)5;/h6-12H2,1-5H3,(H2,15,16,17);1H. The summed E-state index contributed by atoms with van der Waals surface area (Å²) in [6.07, 6.45) is 1.17. The molecule has 7 heteroatoms. The Morgan fingerprint density at radius 1 is 1.10 bits per heavy atom. The van der Waals surface area contributed by atoms with Gasteiger partial charge in [0, 0.05) is 33.7 Å². The molecule has 0 saturated heterocycles. The molecular formula is C14H32IN5O. The highest BCUT2D eigenvalue weighted by Gasteiger charge is 2.05. The van der Waals surface area contributed by atoms with Crippen molar-refractivity contribution in [3.8, 4) is 0 Å². The highest BCUT2D eigenvalue weighted by Crippen LogP contribution is 1.89. The van der Waals surface area contributed by atoms with E-state index in [4.69, 9.17) is 0 Å². The summed E-state index contributed by atoms with van der Waals surface area (Å²) < 4.78 is 0. The minimum absolute atomic E-state index is 0. The van der Waals surface area contributed by atoms with E-state index in [0.29, 0.717) is 5.96 Å². The summed E-state index contributed by atoms with van der Waals surface area (Å²) in [5.41, 5.74) is 0. The predicted molar refractivity (Wildman–Crippen MR) is 100 cm³/mol. The highest BCUT2D eigenvalue weighted by molar-refractivity contribution is 14.0. The van der Waals surface area contributed by atoms with Gasteiger partial charge in [0.15, 0.2) is 5.96 Å². The molecule has 0 atom stereocenters. The minimum Gasteiger partial charge on any atom is -0.357 e. The molecule has 0 aliphatic rings. The van der Waals surface area contributed by atoms with Crippen LogP contribution in [0.25, 0.3) is 0 Å². The van der Waals surface area contributed by atoms with Gasteiger partial charge in [-0.3, -0.25) is 4.79 Å². The van der Waals surface area contributed by atoms with Gasteiger partial charge in [-0.2, -0.15) is 0 Å². The van der Waals surface area contributed by atoms with Gasteiger partial charge in [0.05, 0.1) is 0 Å². The molecule has 0 saturated carbocycles. The normalized spacial score (nSPS) is 11.0. The second-order valence-corrected chi connectivity index (χ2v) is 4.84. The fourth-order valence-corrected chi connectivity index (χ4v) is 1.71. The number of guanidine groups is 1. The van der Waals surface area contributed by atoms with E-state index >= 15 is 0 Å². The first-order chi connectivity index (χ1) is 9.54. The van der Waals surface area contributed by atoms with E-state index in [1.54, 1.807) is 19.0 Å². The molecule has 0 aliphatic heterocycles. The quantitative estimate of drug-likeness (QED) is 0.336. The van der Waals surface area contributed by atoms with Gasteiger partial charge in [0.1, 0.15) is 6.54 Å². The number of hydrogen-bond donors (Lipinski definition) is 2. The number of carbonyl (C=O) groups is 1. The number of halogens is 1. The van der Waals surface area contributed by atoms with Crippen LogP contribution in [0.3, 0.4) is 0 Å². The summed E-state index contributed by atoms with van der Waals surface area (Å²) >= 11 is 0. The van der Waals surface area contributed by atoms with Crippen molar-refractivity contribution in [1.82, 2.24) is 20.4 Å². The van der Waals surface area contributed by atoms with Gasteiger partial charge in [-0.15, -0.1) is 24.0 Å². The fourth-order valence-electron chi connectivity index (χ4n) is 1.71. The third-order valence-electron chi connectivity index (χ3n) is 2.92. The van der Waals surface area contributed by atoms with Crippen molar-refractivity contribution < 1.29 is 4.79 Å². The van der Waals surface area contributed by atoms with Crippen molar-refractivity contribution in [2.75, 3.05) is 53.4 Å². The Kier molecular flexibility index (Phi) is 15.5. The van der Waals surface area contributed by atoms with Crippen molar-refractivity contribution >= 4 is 35.8 Å². The van der Waals surface area contributed by atoms with Crippen molar-refractivity contribution in [1.29, 1.82) is 0 Å². The largest absolute Gasteiger partial charge is 0.357 e. The smallest absolute Gasteiger partial charge is 0.243 e. The summed E-state index contributed by atoms with van der Waals surface area (Å²) in [7, 11) is 3.48. The average molecular weight is 413 g/mol. The Labute approximate surface area is 146 Å². The zero-order valence-corrected chi connectivity index (χ0v) is 16.4. The molecule has 0 aromatic rings. The molecule has 0 fully saturated rings. The summed E-state index contributed by atoms with van der Waals surface area (Å²) in [6.45, 7) is 11.3. The van der Waals surface area contributed by atoms with Crippen LogP contribution in [0.5, 0.6) is 0 Å². The number of aliphatic imine (C=N–C) groups is 1. The van der Waals surface area contributed by atoms with Gasteiger partial charge in [0.25, 0.3) is 0 Å². The molecule has 0 aliphatic carbocycles. The lowest BCUT2D eigenvalue weighted by Gasteiger charge is -2.20. The SMILES string of the molecule is CCCN(CC)CCNC(=NCC(=O)N(C)C)NCC.I. The number of amides is 1. The maximum atomic E-state index is 11.5. The first-order valence-corrected chi connectivity index (χ1v) is 7.49. The number of nitrogens with zero attached hydrogens (tertiary/aromatic N) is 3. The lowest BCUT2D eigenvalue weighted by Crippen LogP contribution is -2.42. The second kappa shape index (κ2) is 14.4. The van der Waals surface area contributed by atoms with Gasteiger partial charge < -0.3 is 20.4 Å². The molecule has 0 aromatic heterocycles. The van der Waals surface area contributed by atoms with Gasteiger partial charge in [-0.25, -0.2) is 4.99 Å². The van der Waals surface area contributed by atoms with Gasteiger partial charge in [0.2, 0.25) is 5.91 Å². The first-order valence-electron chi connectivity index (χ1n) is 7.49. The van der Waals surface area contributed by atoms with E-state index in [0.717, 1.165) is 32.7 Å². The van der Waals surface area contributed by atoms with E-state index in [1.807, 2.05) is 6.92 Å². The molecule has 1 amide bonds. The van der Waals surface area contributed by atoms with Crippen LogP contribution in [0.15, 0.2) is 4.99 Å². The number of nitrogens with one attached hydrogen (secondary N) is 2. The second-order valence-electron chi connectivity index (χ2n) is 4.84. The van der Waals surface area contributed by atoms with E-state index in [1.165, 1.54) is 6.42 Å². The number of rotatable bonds is 9. The van der Waals surface area contributed by atoms with Crippen molar-refractivity contribution in [2.24, 2.45) is 4.99 Å². The Morgan fingerprint density at radius 3 is 2.24 bits per heavy atom. The maximum Gasteiger partial charge on any atom is 0.243 e. The fraction of sp³-hybridized carbons (Fsp3) is 0.857. The van der Waals surface area contributed by atoms with Crippen LogP contribution in [0.1, 0.15) is 27.2 Å². The van der Waals surface area contributed by atoms with Crippen LogP contribution in [0, 0.1) is 0 Å². The van der Waals surface area contributed by atoms with Crippen LogP contribution < -0.4 is 10.6 Å². The van der Waals surface area contributed by atoms with Crippen LogP contribution in [0.4, 0.5) is 0 Å². The summed E-state index contributed by atoms with van der Waals surface area (Å²) in [5, 5.41) is 6.41. The first kappa shape index (κ1) is 22.7. The van der Waals surface area contributed by atoms with Crippen LogP contribution in [-0.4, -0.2) is 75.0 Å². The van der Waals surface area contributed by atoms with Gasteiger partial charge in [-0.1, -0.05) is 13.8 Å². The van der Waals surface area contributed by atoms with Gasteiger partial charge >= 0.3 is 0 Å². The zero-order valence-electron chi connectivity index (χ0n) is 14.1. The van der Waals surface area contributed by atoms with Crippen molar-refractivity contribution in [2.45, 2.75) is 27.2 Å². The molecule has 0 aromatic carbocycles. The Hall–Kier alpha value is -0.570. The van der Waals surface area contributed by atoms with E-state index in [2.05, 4.69) is 34.4 Å². The summed E-state index contributed by atoms with van der Waals surface area (Å²) in [6, 6.07) is 0. The topological polar surface area (TPSA) is 60.0 Å². The molecule has 0 heterocycles. The van der Waals surface area contributed by atoms with E-state index in [9.17, 15) is 4.79 Å². The lowest BCUT2D eigenvalue weighted by molar-refractivity contribution is -0.127. The molecule has 0 rings (SSSR count). The lowest BCUT2D eigenvalue weighted by atomic mass is 10.4. The van der Waals surface area contributed by atoms with Crippen LogP contribution >= 0.6 is 24.0 Å². The molecular weight excluding hydrogens is 381 g/mol. The highest BCUT2D eigenvalue weighted by atomic mass is 127. The van der Waals surface area contributed by atoms with Crippen LogP contribution in [0.2, 0.25) is 0 Å². The van der Waals surface area contributed by atoms with Crippen LogP contribution in [-0.2, 0) is 4.79 Å². The third kappa shape index (κ3) is 11.7. The maximum absolute atomic E-state index is 11.5. The number of carbonyl (C=O) groups excluding carboxylic acids is 1. The molecule has 0 radical (unpaired) electrons. The van der Waals surface area contributed by atoms with Crippen molar-refractivity contribution in [3.63, 3.8) is 0 Å². The van der Waals surface area contributed by atoms with E-state index in [-0.39, 0.29) is 36.4 Å². The Morgan fingerprint density at radius 2 is 1.76 bits per heavy atom. The zero-order chi connectivity index (χ0) is 15.4. The van der Waals surface area contributed by atoms with Gasteiger partial charge in [-0.05, 0) is 26.4 Å². The predicted octanol–water partition coefficient (Wildman–Crippen LogP) is 0.980. The minimum atomic E-state index is 0. The Balaban J connectivity index is 0. The summed E-state index contributed by atoms with van der Waals surface area (Å²) in [5.74, 6) is 0.707. The van der Waals surface area contributed by atoms with Crippen molar-refractivity contribution in [3.05, 3.63) is 0 Å². The third-order valence-corrected chi connectivity index (χ3v) is 2.92. The monoisotopic (exact) mass is 413 g/mol. The molecule has 6 nitrogen and oxygen atoms in total. The molecule has 2 N–H and O–H groups in total.